The molecule has 214 valence electrons. The summed E-state index contributed by atoms with van der Waals surface area (Å²) in [5.41, 5.74) is 0.729. The van der Waals surface area contributed by atoms with Crippen molar-refractivity contribution in [2.24, 2.45) is 11.8 Å². The normalized spacial score (nSPS) is 16.6. The van der Waals surface area contributed by atoms with Crippen LogP contribution in [0.4, 0.5) is 0 Å². The van der Waals surface area contributed by atoms with Crippen LogP contribution in [0.1, 0.15) is 56.9 Å². The van der Waals surface area contributed by atoms with Crippen LogP contribution in [0.25, 0.3) is 10.9 Å². The average Bonchev–Trinajstić information content (AvgIpc) is 3.55. The molecule has 0 spiro atoms. The molecule has 1 aromatic carbocycles. The first-order valence-corrected chi connectivity index (χ1v) is 13.5. The van der Waals surface area contributed by atoms with Gasteiger partial charge in [0.25, 0.3) is 5.91 Å². The number of H-pyrrole nitrogens is 1. The van der Waals surface area contributed by atoms with E-state index in [-0.39, 0.29) is 36.1 Å². The number of fused-ring (bicyclic) bond motifs is 1. The molecule has 40 heavy (non-hydrogen) atoms. The number of carbonyl (C=O) groups excluding carboxylic acids is 4. The summed E-state index contributed by atoms with van der Waals surface area (Å²) in [5, 5.41) is 18.7. The number of hydrogen-bond acceptors (Lipinski definition) is 7. The minimum absolute atomic E-state index is 0.0622. The van der Waals surface area contributed by atoms with Crippen molar-refractivity contribution >= 4 is 34.6 Å². The number of rotatable bonds is 13. The quantitative estimate of drug-likeness (QED) is 0.169. The first kappa shape index (κ1) is 30.2. The number of carbonyl (C=O) groups is 4. The van der Waals surface area contributed by atoms with Crippen LogP contribution < -0.4 is 20.7 Å². The molecule has 11 nitrogen and oxygen atoms in total. The number of nitrogens with zero attached hydrogens (tertiary/aromatic N) is 1. The standard InChI is InChI=1S/C29H37N5O6/c1-5-11-40-29(38)19(16-30)14-20(13-18-9-10-31-26(18)35)32-27(36)23(12-17(2)3)34-28(37)24-15-21-22(33-24)7-6-8-25(21)39-4/h6-8,14-15,17-18,20,23,33H,5,9-13H2,1-4H3,(H,31,35)(H,32,36)(H,34,37)/b19-14-. The third kappa shape index (κ3) is 7.85. The van der Waals surface area contributed by atoms with Crippen LogP contribution in [0, 0.1) is 23.2 Å². The second-order valence-electron chi connectivity index (χ2n) is 10.2. The van der Waals surface area contributed by atoms with E-state index in [1.165, 1.54) is 6.08 Å². The molecular formula is C29H37N5O6. The highest BCUT2D eigenvalue weighted by Crippen LogP contribution is 2.26. The second-order valence-corrected chi connectivity index (χ2v) is 10.2. The summed E-state index contributed by atoms with van der Waals surface area (Å²) in [7, 11) is 1.55. The van der Waals surface area contributed by atoms with Crippen molar-refractivity contribution in [1.82, 2.24) is 20.9 Å². The first-order chi connectivity index (χ1) is 19.2. The minimum Gasteiger partial charge on any atom is -0.496 e. The van der Waals surface area contributed by atoms with E-state index >= 15 is 0 Å². The first-order valence-electron chi connectivity index (χ1n) is 13.5. The Morgan fingerprint density at radius 3 is 2.65 bits per heavy atom. The Balaban J connectivity index is 1.83. The minimum atomic E-state index is -0.910. The molecule has 3 amide bonds. The molecule has 11 heteroatoms. The van der Waals surface area contributed by atoms with E-state index in [1.807, 2.05) is 32.9 Å². The summed E-state index contributed by atoms with van der Waals surface area (Å²) in [4.78, 5) is 54.4. The van der Waals surface area contributed by atoms with E-state index in [1.54, 1.807) is 25.3 Å². The van der Waals surface area contributed by atoms with Gasteiger partial charge in [0.05, 0.1) is 13.7 Å². The van der Waals surface area contributed by atoms with Gasteiger partial charge in [-0.3, -0.25) is 14.4 Å². The number of ether oxygens (including phenoxy) is 2. The maximum absolute atomic E-state index is 13.5. The lowest BCUT2D eigenvalue weighted by molar-refractivity contribution is -0.138. The van der Waals surface area contributed by atoms with Crippen LogP contribution in [0.3, 0.4) is 0 Å². The maximum atomic E-state index is 13.5. The molecule has 1 aliphatic rings. The van der Waals surface area contributed by atoms with Crippen LogP contribution in [0.5, 0.6) is 5.75 Å². The number of benzene rings is 1. The molecule has 2 heterocycles. The number of nitriles is 1. The molecule has 3 unspecified atom stereocenters. The molecule has 4 N–H and O–H groups in total. The van der Waals surface area contributed by atoms with Gasteiger partial charge in [-0.05, 0) is 55.9 Å². The Bertz CT molecular complexity index is 1310. The molecule has 1 aliphatic heterocycles. The monoisotopic (exact) mass is 551 g/mol. The zero-order chi connectivity index (χ0) is 29.2. The molecule has 1 saturated heterocycles. The third-order valence-electron chi connectivity index (χ3n) is 6.59. The summed E-state index contributed by atoms with van der Waals surface area (Å²) in [5.74, 6) is -1.63. The van der Waals surface area contributed by atoms with Gasteiger partial charge in [-0.15, -0.1) is 0 Å². The zero-order valence-corrected chi connectivity index (χ0v) is 23.3. The van der Waals surface area contributed by atoms with Gasteiger partial charge in [0.15, 0.2) is 0 Å². The van der Waals surface area contributed by atoms with Gasteiger partial charge < -0.3 is 30.4 Å². The predicted molar refractivity (Wildman–Crippen MR) is 148 cm³/mol. The molecular weight excluding hydrogens is 514 g/mol. The van der Waals surface area contributed by atoms with E-state index in [2.05, 4.69) is 20.9 Å². The third-order valence-corrected chi connectivity index (χ3v) is 6.59. The lowest BCUT2D eigenvalue weighted by Crippen LogP contribution is -2.50. The Hall–Kier alpha value is -4.33. The molecule has 0 bridgehead atoms. The fourth-order valence-corrected chi connectivity index (χ4v) is 4.62. The molecule has 3 rings (SSSR count). The van der Waals surface area contributed by atoms with Crippen molar-refractivity contribution < 1.29 is 28.7 Å². The van der Waals surface area contributed by atoms with E-state index in [9.17, 15) is 24.4 Å². The van der Waals surface area contributed by atoms with Crippen LogP contribution >= 0.6 is 0 Å². The summed E-state index contributed by atoms with van der Waals surface area (Å²) in [6.45, 7) is 6.36. The van der Waals surface area contributed by atoms with Gasteiger partial charge in [-0.25, -0.2) is 4.79 Å². The highest BCUT2D eigenvalue weighted by Gasteiger charge is 2.30. The highest BCUT2D eigenvalue weighted by molar-refractivity contribution is 6.01. The number of amides is 3. The highest BCUT2D eigenvalue weighted by atomic mass is 16.5. The summed E-state index contributed by atoms with van der Waals surface area (Å²) >= 11 is 0. The summed E-state index contributed by atoms with van der Waals surface area (Å²) in [6.07, 6.45) is 3.02. The smallest absolute Gasteiger partial charge is 0.348 e. The van der Waals surface area contributed by atoms with E-state index in [0.717, 1.165) is 5.39 Å². The van der Waals surface area contributed by atoms with Gasteiger partial charge in [0.2, 0.25) is 11.8 Å². The lowest BCUT2D eigenvalue weighted by atomic mass is 9.96. The number of aromatic amines is 1. The number of nitrogens with one attached hydrogen (secondary N) is 4. The topological polar surface area (TPSA) is 162 Å². The number of aromatic nitrogens is 1. The van der Waals surface area contributed by atoms with Crippen molar-refractivity contribution in [3.05, 3.63) is 41.6 Å². The van der Waals surface area contributed by atoms with Gasteiger partial charge in [0.1, 0.15) is 29.1 Å². The molecule has 0 radical (unpaired) electrons. The predicted octanol–water partition coefficient (Wildman–Crippen LogP) is 2.74. The maximum Gasteiger partial charge on any atom is 0.348 e. The van der Waals surface area contributed by atoms with Crippen LogP contribution in [0.2, 0.25) is 0 Å². The molecule has 3 atom stereocenters. The van der Waals surface area contributed by atoms with Crippen molar-refractivity contribution in [2.75, 3.05) is 20.3 Å². The average molecular weight is 552 g/mol. The lowest BCUT2D eigenvalue weighted by Gasteiger charge is -2.24. The van der Waals surface area contributed by atoms with Gasteiger partial charge in [0, 0.05) is 29.4 Å². The fourth-order valence-electron chi connectivity index (χ4n) is 4.62. The second kappa shape index (κ2) is 14.2. The Kier molecular flexibility index (Phi) is 10.7. The summed E-state index contributed by atoms with van der Waals surface area (Å²) in [6, 6.07) is 7.20. The van der Waals surface area contributed by atoms with Crippen molar-refractivity contribution in [1.29, 1.82) is 5.26 Å². The van der Waals surface area contributed by atoms with Crippen LogP contribution in [0.15, 0.2) is 35.9 Å². The van der Waals surface area contributed by atoms with Crippen molar-refractivity contribution in [3.63, 3.8) is 0 Å². The SMILES string of the molecule is CCCOC(=O)/C(C#N)=C\C(CC1CCNC1=O)NC(=O)C(CC(C)C)NC(=O)c1cc2c(OC)cccc2[nH]1. The van der Waals surface area contributed by atoms with Crippen LogP contribution in [-0.2, 0) is 19.1 Å². The van der Waals surface area contributed by atoms with E-state index < -0.39 is 35.8 Å². The Labute approximate surface area is 233 Å². The number of methoxy groups -OCH3 is 1. The van der Waals surface area contributed by atoms with Crippen LogP contribution in [-0.4, -0.2) is 61.0 Å². The number of esters is 1. The van der Waals surface area contributed by atoms with Gasteiger partial charge in [-0.2, -0.15) is 5.26 Å². The van der Waals surface area contributed by atoms with Crippen molar-refractivity contribution in [3.8, 4) is 11.8 Å². The van der Waals surface area contributed by atoms with Gasteiger partial charge >= 0.3 is 5.97 Å². The van der Waals surface area contributed by atoms with E-state index in [0.29, 0.717) is 37.1 Å². The largest absolute Gasteiger partial charge is 0.496 e. The number of hydrogen-bond donors (Lipinski definition) is 4. The van der Waals surface area contributed by atoms with Gasteiger partial charge in [-0.1, -0.05) is 26.8 Å². The Morgan fingerprint density at radius 2 is 2.02 bits per heavy atom. The zero-order valence-electron chi connectivity index (χ0n) is 23.3. The molecule has 0 saturated carbocycles. The molecule has 0 aliphatic carbocycles. The van der Waals surface area contributed by atoms with Crippen molar-refractivity contribution in [2.45, 2.75) is 58.5 Å². The summed E-state index contributed by atoms with van der Waals surface area (Å²) < 4.78 is 10.5. The molecule has 1 aromatic heterocycles. The molecule has 2 aromatic rings. The van der Waals surface area contributed by atoms with E-state index in [4.69, 9.17) is 9.47 Å². The molecule has 1 fully saturated rings. The fraction of sp³-hybridized carbons (Fsp3) is 0.483. The Morgan fingerprint density at radius 1 is 1.25 bits per heavy atom.